The Hall–Kier alpha value is -1.51. The fraction of sp³-hybridized carbons (Fsp3) is 0.533. The van der Waals surface area contributed by atoms with E-state index in [0.29, 0.717) is 5.75 Å². The molecule has 0 atom stereocenters. The Labute approximate surface area is 110 Å². The number of esters is 1. The second-order valence-electron chi connectivity index (χ2n) is 4.90. The van der Waals surface area contributed by atoms with Crippen molar-refractivity contribution in [3.8, 4) is 5.75 Å². The Morgan fingerprint density at radius 3 is 2.06 bits per heavy atom. The largest absolute Gasteiger partial charge is 0.482 e. The van der Waals surface area contributed by atoms with E-state index in [2.05, 4.69) is 13.8 Å². The van der Waals surface area contributed by atoms with Crippen LogP contribution in [-0.2, 0) is 9.53 Å². The molecule has 0 saturated carbocycles. The lowest BCUT2D eigenvalue weighted by Gasteiger charge is -2.19. The van der Waals surface area contributed by atoms with E-state index in [1.165, 1.54) is 6.42 Å². The van der Waals surface area contributed by atoms with E-state index < -0.39 is 5.60 Å². The molecule has 0 aliphatic carbocycles. The number of benzene rings is 1. The zero-order valence-electron chi connectivity index (χ0n) is 12.0. The Morgan fingerprint density at radius 1 is 1.11 bits per heavy atom. The summed E-state index contributed by atoms with van der Waals surface area (Å²) in [6.45, 7) is 9.68. The van der Waals surface area contributed by atoms with Crippen LogP contribution in [0.2, 0.25) is 0 Å². The molecule has 1 aromatic rings. The van der Waals surface area contributed by atoms with Crippen LogP contribution in [0.15, 0.2) is 30.3 Å². The van der Waals surface area contributed by atoms with E-state index in [1.807, 2.05) is 39.0 Å². The van der Waals surface area contributed by atoms with Crippen molar-refractivity contribution in [3.63, 3.8) is 0 Å². The third-order valence-corrected chi connectivity index (χ3v) is 1.52. The highest BCUT2D eigenvalue weighted by molar-refractivity contribution is 5.71. The van der Waals surface area contributed by atoms with E-state index >= 15 is 0 Å². The Bertz CT molecular complexity index is 325. The Kier molecular flexibility index (Phi) is 7.84. The third kappa shape index (κ3) is 9.70. The van der Waals surface area contributed by atoms with Gasteiger partial charge in [0.2, 0.25) is 0 Å². The second kappa shape index (κ2) is 8.56. The molecule has 0 saturated heterocycles. The minimum absolute atomic E-state index is 0.0543. The molecule has 18 heavy (non-hydrogen) atoms. The second-order valence-corrected chi connectivity index (χ2v) is 4.90. The molecule has 0 N–H and O–H groups in total. The van der Waals surface area contributed by atoms with Crippen molar-refractivity contribution in [2.45, 2.75) is 46.6 Å². The van der Waals surface area contributed by atoms with Crippen LogP contribution in [0.3, 0.4) is 0 Å². The number of rotatable bonds is 3. The van der Waals surface area contributed by atoms with Gasteiger partial charge in [0.1, 0.15) is 11.4 Å². The molecule has 102 valence electrons. The summed E-state index contributed by atoms with van der Waals surface area (Å²) in [6, 6.07) is 9.18. The minimum Gasteiger partial charge on any atom is -0.482 e. The summed E-state index contributed by atoms with van der Waals surface area (Å²) >= 11 is 0. The molecular formula is C15H24O3. The fourth-order valence-electron chi connectivity index (χ4n) is 1.03. The summed E-state index contributed by atoms with van der Waals surface area (Å²) < 4.78 is 10.3. The van der Waals surface area contributed by atoms with Gasteiger partial charge in [-0.05, 0) is 32.9 Å². The molecule has 0 heterocycles. The predicted octanol–water partition coefficient (Wildman–Crippen LogP) is 3.82. The highest BCUT2D eigenvalue weighted by Crippen LogP contribution is 2.10. The predicted molar refractivity (Wildman–Crippen MR) is 73.7 cm³/mol. The zero-order chi connectivity index (χ0) is 14.0. The normalized spacial score (nSPS) is 10.1. The van der Waals surface area contributed by atoms with Gasteiger partial charge in [0.05, 0.1) is 0 Å². The quantitative estimate of drug-likeness (QED) is 0.767. The van der Waals surface area contributed by atoms with Crippen molar-refractivity contribution in [1.29, 1.82) is 0 Å². The number of hydrogen-bond donors (Lipinski definition) is 0. The molecule has 3 nitrogen and oxygen atoms in total. The van der Waals surface area contributed by atoms with Gasteiger partial charge in [-0.2, -0.15) is 0 Å². The maximum absolute atomic E-state index is 11.3. The van der Waals surface area contributed by atoms with Gasteiger partial charge in [0.25, 0.3) is 0 Å². The first-order valence-electron chi connectivity index (χ1n) is 6.28. The van der Waals surface area contributed by atoms with E-state index in [4.69, 9.17) is 9.47 Å². The van der Waals surface area contributed by atoms with Crippen LogP contribution in [-0.4, -0.2) is 18.2 Å². The number of hydrogen-bond acceptors (Lipinski definition) is 3. The van der Waals surface area contributed by atoms with Crippen LogP contribution >= 0.6 is 0 Å². The number of carbonyl (C=O) groups is 1. The van der Waals surface area contributed by atoms with E-state index in [-0.39, 0.29) is 12.6 Å². The molecule has 3 heteroatoms. The molecule has 0 bridgehead atoms. The first-order chi connectivity index (χ1) is 8.39. The minimum atomic E-state index is -0.461. The molecule has 1 rings (SSSR count). The van der Waals surface area contributed by atoms with Crippen molar-refractivity contribution < 1.29 is 14.3 Å². The number of ether oxygens (including phenoxy) is 2. The van der Waals surface area contributed by atoms with Gasteiger partial charge in [0, 0.05) is 0 Å². The van der Waals surface area contributed by atoms with Crippen LogP contribution < -0.4 is 4.74 Å². The van der Waals surface area contributed by atoms with Gasteiger partial charge in [-0.15, -0.1) is 0 Å². The van der Waals surface area contributed by atoms with Gasteiger partial charge >= 0.3 is 5.97 Å². The van der Waals surface area contributed by atoms with Gasteiger partial charge < -0.3 is 9.47 Å². The highest BCUT2D eigenvalue weighted by Gasteiger charge is 2.16. The fourth-order valence-corrected chi connectivity index (χ4v) is 1.03. The third-order valence-electron chi connectivity index (χ3n) is 1.52. The number of carbonyl (C=O) groups excluding carboxylic acids is 1. The van der Waals surface area contributed by atoms with Crippen molar-refractivity contribution in [1.82, 2.24) is 0 Å². The summed E-state index contributed by atoms with van der Waals surface area (Å²) in [5.74, 6) is 0.315. The molecule has 0 radical (unpaired) electrons. The molecule has 0 amide bonds. The van der Waals surface area contributed by atoms with E-state index in [0.717, 1.165) is 0 Å². The number of para-hydroxylation sites is 1. The van der Waals surface area contributed by atoms with Gasteiger partial charge in [-0.25, -0.2) is 4.79 Å². The monoisotopic (exact) mass is 252 g/mol. The SMILES string of the molecule is CC(C)(C)OC(=O)COc1ccccc1.CCC. The molecule has 0 fully saturated rings. The first-order valence-corrected chi connectivity index (χ1v) is 6.28. The van der Waals surface area contributed by atoms with Crippen LogP contribution in [0.1, 0.15) is 41.0 Å². The van der Waals surface area contributed by atoms with Crippen LogP contribution in [0.4, 0.5) is 0 Å². The molecule has 0 aromatic heterocycles. The summed E-state index contributed by atoms with van der Waals surface area (Å²) in [6.07, 6.45) is 1.25. The van der Waals surface area contributed by atoms with Gasteiger partial charge in [0.15, 0.2) is 6.61 Å². The lowest BCUT2D eigenvalue weighted by atomic mass is 10.2. The summed E-state index contributed by atoms with van der Waals surface area (Å²) in [5.41, 5.74) is -0.461. The van der Waals surface area contributed by atoms with Crippen LogP contribution in [0.5, 0.6) is 5.75 Å². The molecular weight excluding hydrogens is 228 g/mol. The Balaban J connectivity index is 0.000000873. The molecule has 0 aliphatic heterocycles. The van der Waals surface area contributed by atoms with Crippen molar-refractivity contribution in [2.75, 3.05) is 6.61 Å². The summed E-state index contributed by atoms with van der Waals surface area (Å²) in [7, 11) is 0. The average Bonchev–Trinajstić information content (AvgIpc) is 2.27. The molecule has 0 spiro atoms. The molecule has 0 aliphatic rings. The highest BCUT2D eigenvalue weighted by atomic mass is 16.6. The van der Waals surface area contributed by atoms with Crippen molar-refractivity contribution in [2.24, 2.45) is 0 Å². The van der Waals surface area contributed by atoms with Crippen LogP contribution in [0.25, 0.3) is 0 Å². The average molecular weight is 252 g/mol. The van der Waals surface area contributed by atoms with Crippen molar-refractivity contribution in [3.05, 3.63) is 30.3 Å². The molecule has 1 aromatic carbocycles. The van der Waals surface area contributed by atoms with Gasteiger partial charge in [-0.3, -0.25) is 0 Å². The zero-order valence-corrected chi connectivity index (χ0v) is 12.0. The topological polar surface area (TPSA) is 35.5 Å². The standard InChI is InChI=1S/C12H16O3.C3H8/c1-12(2,3)15-11(13)9-14-10-7-5-4-6-8-10;1-3-2/h4-8H,9H2,1-3H3;3H2,1-2H3. The maximum atomic E-state index is 11.3. The van der Waals surface area contributed by atoms with E-state index in [9.17, 15) is 4.79 Å². The van der Waals surface area contributed by atoms with Crippen molar-refractivity contribution >= 4 is 5.97 Å². The smallest absolute Gasteiger partial charge is 0.344 e. The summed E-state index contributed by atoms with van der Waals surface area (Å²) in [4.78, 5) is 11.3. The van der Waals surface area contributed by atoms with E-state index in [1.54, 1.807) is 12.1 Å². The molecule has 0 unspecified atom stereocenters. The lowest BCUT2D eigenvalue weighted by molar-refractivity contribution is -0.157. The lowest BCUT2D eigenvalue weighted by Crippen LogP contribution is -2.27. The Morgan fingerprint density at radius 2 is 1.61 bits per heavy atom. The summed E-state index contributed by atoms with van der Waals surface area (Å²) in [5, 5.41) is 0. The van der Waals surface area contributed by atoms with Gasteiger partial charge in [-0.1, -0.05) is 38.5 Å². The maximum Gasteiger partial charge on any atom is 0.344 e. The first kappa shape index (κ1) is 16.5. The van der Waals surface area contributed by atoms with Crippen LogP contribution in [0, 0.1) is 0 Å².